The molecule has 5 rings (SSSR count). The minimum absolute atomic E-state index is 0.122. The maximum atomic E-state index is 11.4. The van der Waals surface area contributed by atoms with Crippen LogP contribution in [0.3, 0.4) is 0 Å². The van der Waals surface area contributed by atoms with E-state index in [1.807, 2.05) is 6.92 Å². The first-order valence-electron chi connectivity index (χ1n) is 8.86. The molecule has 5 aliphatic rings. The van der Waals surface area contributed by atoms with Gasteiger partial charge in [0.1, 0.15) is 29.8 Å². The first kappa shape index (κ1) is 18.0. The highest BCUT2D eigenvalue weighted by molar-refractivity contribution is 8.00. The summed E-state index contributed by atoms with van der Waals surface area (Å²) >= 11 is 1.78. The molecule has 0 aromatic heterocycles. The molecule has 0 aromatic carbocycles. The smallest absolute Gasteiger partial charge is 0.335 e. The van der Waals surface area contributed by atoms with E-state index in [0.717, 1.165) is 31.7 Å². The van der Waals surface area contributed by atoms with Gasteiger partial charge in [-0.2, -0.15) is 0 Å². The number of thioether (sulfide) groups is 1. The predicted octanol–water partition coefficient (Wildman–Crippen LogP) is -1.03. The molecule has 7 atom stereocenters. The molecular formula is C16H26NO7S+. The average molecular weight is 376 g/mol. The lowest BCUT2D eigenvalue weighted by Crippen LogP contribution is -2.78. The number of aliphatic hydroxyl groups is 3. The zero-order chi connectivity index (χ0) is 18.0. The number of aliphatic carboxylic acids is 1. The second-order valence-corrected chi connectivity index (χ2v) is 9.20. The second-order valence-electron chi connectivity index (χ2n) is 7.92. The lowest BCUT2D eigenvalue weighted by Gasteiger charge is -2.60. The van der Waals surface area contributed by atoms with Gasteiger partial charge in [-0.25, -0.2) is 4.79 Å². The molecule has 142 valence electrons. The van der Waals surface area contributed by atoms with E-state index in [-0.39, 0.29) is 11.0 Å². The van der Waals surface area contributed by atoms with Gasteiger partial charge in [-0.05, 0) is 6.92 Å². The third kappa shape index (κ3) is 2.63. The molecule has 0 amide bonds. The van der Waals surface area contributed by atoms with Gasteiger partial charge in [-0.1, -0.05) is 0 Å². The Morgan fingerprint density at radius 1 is 1.16 bits per heavy atom. The molecule has 4 N–H and O–H groups in total. The van der Waals surface area contributed by atoms with Crippen LogP contribution in [-0.2, 0) is 14.3 Å². The molecule has 0 unspecified atom stereocenters. The summed E-state index contributed by atoms with van der Waals surface area (Å²) in [5.74, 6) is 0.0239. The maximum absolute atomic E-state index is 11.4. The van der Waals surface area contributed by atoms with E-state index in [1.165, 1.54) is 0 Å². The van der Waals surface area contributed by atoms with E-state index in [1.54, 1.807) is 11.8 Å². The molecule has 5 aliphatic heterocycles. The van der Waals surface area contributed by atoms with Gasteiger partial charge in [-0.3, -0.25) is 4.48 Å². The highest BCUT2D eigenvalue weighted by atomic mass is 32.2. The van der Waals surface area contributed by atoms with Gasteiger partial charge in [0.05, 0.1) is 13.1 Å². The molecule has 0 aromatic rings. The molecule has 5 heterocycles. The number of ether oxygens (including phenoxy) is 2. The molecule has 8 nitrogen and oxygen atoms in total. The zero-order valence-electron chi connectivity index (χ0n) is 14.2. The van der Waals surface area contributed by atoms with Gasteiger partial charge < -0.3 is 29.9 Å². The van der Waals surface area contributed by atoms with Crippen LogP contribution in [0.15, 0.2) is 0 Å². The van der Waals surface area contributed by atoms with Crippen molar-refractivity contribution in [2.75, 3.05) is 25.4 Å². The number of carboxylic acid groups (broad SMARTS) is 1. The summed E-state index contributed by atoms with van der Waals surface area (Å²) in [5, 5.41) is 40.0. The molecular weight excluding hydrogens is 350 g/mol. The van der Waals surface area contributed by atoms with Crippen LogP contribution in [0.4, 0.5) is 0 Å². The van der Waals surface area contributed by atoms with E-state index in [9.17, 15) is 25.2 Å². The lowest BCUT2D eigenvalue weighted by molar-refractivity contribution is -0.996. The van der Waals surface area contributed by atoms with Crippen LogP contribution in [-0.4, -0.2) is 97.9 Å². The van der Waals surface area contributed by atoms with E-state index in [4.69, 9.17) is 9.47 Å². The Kier molecular flexibility index (Phi) is 4.35. The fourth-order valence-electron chi connectivity index (χ4n) is 5.25. The van der Waals surface area contributed by atoms with E-state index in [2.05, 4.69) is 0 Å². The van der Waals surface area contributed by atoms with Crippen molar-refractivity contribution in [2.24, 2.45) is 5.92 Å². The number of rotatable bonds is 2. The quantitative estimate of drug-likeness (QED) is 0.452. The van der Waals surface area contributed by atoms with Crippen molar-refractivity contribution in [1.29, 1.82) is 0 Å². The third-order valence-corrected chi connectivity index (χ3v) is 7.73. The second kappa shape index (κ2) is 6.05. The summed E-state index contributed by atoms with van der Waals surface area (Å²) in [7, 11) is 0. The number of piperidine rings is 3. The van der Waals surface area contributed by atoms with Crippen molar-refractivity contribution in [2.45, 2.75) is 61.4 Å². The van der Waals surface area contributed by atoms with Crippen LogP contribution < -0.4 is 0 Å². The van der Waals surface area contributed by atoms with Crippen LogP contribution in [0.2, 0.25) is 0 Å². The number of carboxylic acids is 1. The number of fused-ring (bicyclic) bond motifs is 2. The lowest BCUT2D eigenvalue weighted by atomic mass is 9.73. The van der Waals surface area contributed by atoms with Crippen molar-refractivity contribution in [3.8, 4) is 0 Å². The Bertz CT molecular complexity index is 555. The number of hydrogen-bond donors (Lipinski definition) is 4. The standard InChI is InChI=1S/C16H25NO7S/c1-8-24-16(7-25-8)6-17(4-2-9(16)3-5-17)14-12(20)10(18)11(19)13(23-14)15(21)22/h8-14,18-20H,2-7H2,1H3/p+1/t8-,9?,10-,11-,12+,13+,14+,16+,17?/m0/s1. The number of hydrogen-bond acceptors (Lipinski definition) is 7. The van der Waals surface area contributed by atoms with Crippen molar-refractivity contribution in [3.63, 3.8) is 0 Å². The fraction of sp³-hybridized carbons (Fsp3) is 0.938. The Morgan fingerprint density at radius 2 is 1.84 bits per heavy atom. The monoisotopic (exact) mass is 376 g/mol. The van der Waals surface area contributed by atoms with E-state index >= 15 is 0 Å². The Balaban J connectivity index is 1.64. The molecule has 0 aliphatic carbocycles. The minimum Gasteiger partial charge on any atom is -0.479 e. The number of carbonyl (C=O) groups is 1. The summed E-state index contributed by atoms with van der Waals surface area (Å²) in [6, 6.07) is 0. The number of nitrogens with zero attached hydrogens (tertiary/aromatic N) is 1. The summed E-state index contributed by atoms with van der Waals surface area (Å²) in [4.78, 5) is 11.4. The molecule has 2 bridgehead atoms. The van der Waals surface area contributed by atoms with Gasteiger partial charge in [0.15, 0.2) is 12.2 Å². The van der Waals surface area contributed by atoms with Crippen LogP contribution in [0.5, 0.6) is 0 Å². The first-order valence-corrected chi connectivity index (χ1v) is 9.91. The SMILES string of the molecule is C[C@H]1O[C@@]2(CS1)C[N+]1([C@@H]3O[C@@H](C(=O)O)[C@@H](O)[C@H](O)[C@H]3O)CCC2CC1. The molecule has 9 heteroatoms. The van der Waals surface area contributed by atoms with Crippen LogP contribution >= 0.6 is 11.8 Å². The van der Waals surface area contributed by atoms with Crippen molar-refractivity contribution < 1.29 is 39.2 Å². The normalized spacial score (nSPS) is 55.6. The van der Waals surface area contributed by atoms with Gasteiger partial charge in [0.25, 0.3) is 0 Å². The average Bonchev–Trinajstić information content (AvgIpc) is 2.93. The largest absolute Gasteiger partial charge is 0.479 e. The highest BCUT2D eigenvalue weighted by Gasteiger charge is 2.64. The molecule has 0 saturated carbocycles. The van der Waals surface area contributed by atoms with Crippen LogP contribution in [0, 0.1) is 5.92 Å². The first-order chi connectivity index (χ1) is 11.8. The number of quaternary nitrogens is 1. The number of aliphatic hydroxyl groups excluding tert-OH is 3. The zero-order valence-corrected chi connectivity index (χ0v) is 15.0. The van der Waals surface area contributed by atoms with Crippen molar-refractivity contribution in [1.82, 2.24) is 0 Å². The Hall–Kier alpha value is -0.420. The van der Waals surface area contributed by atoms with Gasteiger partial charge in [-0.15, -0.1) is 11.8 Å². The van der Waals surface area contributed by atoms with Crippen molar-refractivity contribution >= 4 is 17.7 Å². The summed E-state index contributed by atoms with van der Waals surface area (Å²) in [6.07, 6.45) is -5.07. The fourth-order valence-corrected chi connectivity index (χ4v) is 6.42. The molecule has 1 spiro atoms. The third-order valence-electron chi connectivity index (χ3n) is 6.51. The van der Waals surface area contributed by atoms with E-state index in [0.29, 0.717) is 16.9 Å². The molecule has 5 saturated heterocycles. The Morgan fingerprint density at radius 3 is 2.40 bits per heavy atom. The minimum atomic E-state index is -1.64. The van der Waals surface area contributed by atoms with Crippen LogP contribution in [0.1, 0.15) is 19.8 Å². The molecule has 25 heavy (non-hydrogen) atoms. The van der Waals surface area contributed by atoms with Gasteiger partial charge in [0, 0.05) is 24.5 Å². The summed E-state index contributed by atoms with van der Waals surface area (Å²) in [5.41, 5.74) is -0.152. The summed E-state index contributed by atoms with van der Waals surface area (Å²) < 4.78 is 12.3. The van der Waals surface area contributed by atoms with E-state index < -0.39 is 36.6 Å². The molecule has 5 fully saturated rings. The van der Waals surface area contributed by atoms with Gasteiger partial charge in [0.2, 0.25) is 6.23 Å². The topological polar surface area (TPSA) is 116 Å². The summed E-state index contributed by atoms with van der Waals surface area (Å²) in [6.45, 7) is 4.19. The van der Waals surface area contributed by atoms with Crippen LogP contribution in [0.25, 0.3) is 0 Å². The van der Waals surface area contributed by atoms with Gasteiger partial charge >= 0.3 is 5.97 Å². The van der Waals surface area contributed by atoms with Crippen molar-refractivity contribution in [3.05, 3.63) is 0 Å². The maximum Gasteiger partial charge on any atom is 0.335 e. The Labute approximate surface area is 150 Å². The molecule has 0 radical (unpaired) electrons. The highest BCUT2D eigenvalue weighted by Crippen LogP contribution is 2.51. The predicted molar refractivity (Wildman–Crippen MR) is 87.6 cm³/mol.